The van der Waals surface area contributed by atoms with Gasteiger partial charge >= 0.3 is 0 Å². The molecule has 1 aliphatic heterocycles. The van der Waals surface area contributed by atoms with Crippen molar-refractivity contribution in [3.05, 3.63) is 35.4 Å². The van der Waals surface area contributed by atoms with Gasteiger partial charge in [-0.3, -0.25) is 9.59 Å². The van der Waals surface area contributed by atoms with E-state index in [0.29, 0.717) is 16.7 Å². The van der Waals surface area contributed by atoms with Gasteiger partial charge in [-0.1, -0.05) is 12.1 Å². The Bertz CT molecular complexity index is 513. The first kappa shape index (κ1) is 17.2. The maximum Gasteiger partial charge on any atom is 0.251 e. The van der Waals surface area contributed by atoms with Gasteiger partial charge in [-0.15, -0.1) is 23.5 Å². The lowest BCUT2D eigenvalue weighted by molar-refractivity contribution is -0.122. The molecule has 120 valence electrons. The maximum absolute atomic E-state index is 12.1. The number of benzene rings is 1. The largest absolute Gasteiger partial charge is 0.355 e. The third-order valence-corrected chi connectivity index (χ3v) is 6.38. The lowest BCUT2D eigenvalue weighted by atomic mass is 10.1. The van der Waals surface area contributed by atoms with Crippen LogP contribution in [-0.2, 0) is 4.79 Å². The highest BCUT2D eigenvalue weighted by Gasteiger charge is 2.18. The van der Waals surface area contributed by atoms with E-state index in [-0.39, 0.29) is 11.8 Å². The van der Waals surface area contributed by atoms with Gasteiger partial charge in [-0.05, 0) is 49.5 Å². The molecule has 2 N–H and O–H groups in total. The van der Waals surface area contributed by atoms with Crippen LogP contribution in [0.25, 0.3) is 0 Å². The summed E-state index contributed by atoms with van der Waals surface area (Å²) in [7, 11) is 0. The fourth-order valence-corrected chi connectivity index (χ4v) is 5.04. The third-order valence-electron chi connectivity index (χ3n) is 3.36. The topological polar surface area (TPSA) is 58.2 Å². The molecule has 22 heavy (non-hydrogen) atoms. The number of rotatable bonds is 5. The van der Waals surface area contributed by atoms with E-state index < -0.39 is 6.04 Å². The standard InChI is InChI=1S/C16H22N2O2S2/c1-3-17-14(19)11(2)18-15(20)12-5-7-13(8-6-12)16-21-9-4-10-22-16/h5-8,11,16H,3-4,9-10H2,1-2H3,(H,17,19)(H,18,20)/t11-/m1/s1. The van der Waals surface area contributed by atoms with Crippen molar-refractivity contribution in [3.8, 4) is 0 Å². The number of amides is 2. The maximum atomic E-state index is 12.1. The van der Waals surface area contributed by atoms with Crippen molar-refractivity contribution in [3.63, 3.8) is 0 Å². The SMILES string of the molecule is CCNC(=O)[C@@H](C)NC(=O)c1ccc(C2SCCCS2)cc1. The first-order chi connectivity index (χ1) is 10.6. The molecule has 1 heterocycles. The number of hydrogen-bond donors (Lipinski definition) is 2. The number of carbonyl (C=O) groups is 2. The fourth-order valence-electron chi connectivity index (χ4n) is 2.14. The van der Waals surface area contributed by atoms with Crippen molar-refractivity contribution < 1.29 is 9.59 Å². The molecule has 0 unspecified atom stereocenters. The number of hydrogen-bond acceptors (Lipinski definition) is 4. The van der Waals surface area contributed by atoms with Crippen LogP contribution in [0.3, 0.4) is 0 Å². The average Bonchev–Trinajstić information content (AvgIpc) is 2.56. The molecule has 0 saturated carbocycles. The van der Waals surface area contributed by atoms with Crippen LogP contribution in [-0.4, -0.2) is 35.9 Å². The third kappa shape index (κ3) is 4.68. The van der Waals surface area contributed by atoms with Gasteiger partial charge in [0.15, 0.2) is 0 Å². The molecule has 1 saturated heterocycles. The van der Waals surface area contributed by atoms with E-state index in [1.807, 2.05) is 54.7 Å². The first-order valence-electron chi connectivity index (χ1n) is 7.53. The van der Waals surface area contributed by atoms with Gasteiger partial charge in [0.05, 0.1) is 4.58 Å². The molecule has 0 aromatic heterocycles. The predicted octanol–water partition coefficient (Wildman–Crippen LogP) is 2.81. The summed E-state index contributed by atoms with van der Waals surface area (Å²) in [5.74, 6) is 2.02. The Morgan fingerprint density at radius 2 is 1.86 bits per heavy atom. The van der Waals surface area contributed by atoms with E-state index in [2.05, 4.69) is 10.6 Å². The van der Waals surface area contributed by atoms with E-state index in [4.69, 9.17) is 0 Å². The number of carbonyl (C=O) groups excluding carboxylic acids is 2. The lowest BCUT2D eigenvalue weighted by Crippen LogP contribution is -2.44. The number of likely N-dealkylation sites (N-methyl/N-ethyl adjacent to an activating group) is 1. The van der Waals surface area contributed by atoms with Crippen LogP contribution in [0.5, 0.6) is 0 Å². The Morgan fingerprint density at radius 1 is 1.23 bits per heavy atom. The van der Waals surface area contributed by atoms with Crippen molar-refractivity contribution in [1.82, 2.24) is 10.6 Å². The molecule has 4 nitrogen and oxygen atoms in total. The highest BCUT2D eigenvalue weighted by atomic mass is 32.2. The van der Waals surface area contributed by atoms with Crippen molar-refractivity contribution in [2.24, 2.45) is 0 Å². The normalized spacial score (nSPS) is 16.8. The van der Waals surface area contributed by atoms with Crippen LogP contribution in [0.15, 0.2) is 24.3 Å². The van der Waals surface area contributed by atoms with Crippen LogP contribution in [0.4, 0.5) is 0 Å². The summed E-state index contributed by atoms with van der Waals surface area (Å²) in [6, 6.07) is 7.18. The van der Waals surface area contributed by atoms with Gasteiger partial charge in [0.1, 0.15) is 6.04 Å². The van der Waals surface area contributed by atoms with Gasteiger partial charge in [-0.25, -0.2) is 0 Å². The molecule has 0 radical (unpaired) electrons. The molecular formula is C16H22N2O2S2. The Labute approximate surface area is 140 Å². The van der Waals surface area contributed by atoms with Gasteiger partial charge < -0.3 is 10.6 Å². The van der Waals surface area contributed by atoms with Gasteiger partial charge in [0, 0.05) is 12.1 Å². The zero-order valence-electron chi connectivity index (χ0n) is 12.9. The minimum atomic E-state index is -0.531. The van der Waals surface area contributed by atoms with E-state index in [1.165, 1.54) is 23.5 Å². The smallest absolute Gasteiger partial charge is 0.251 e. The summed E-state index contributed by atoms with van der Waals surface area (Å²) >= 11 is 3.92. The molecule has 2 rings (SSSR count). The summed E-state index contributed by atoms with van der Waals surface area (Å²) in [4.78, 5) is 23.8. The number of nitrogens with one attached hydrogen (secondary N) is 2. The summed E-state index contributed by atoms with van der Waals surface area (Å²) in [5.41, 5.74) is 1.84. The molecule has 0 spiro atoms. The summed E-state index contributed by atoms with van der Waals surface area (Å²) in [5, 5.41) is 5.41. The highest BCUT2D eigenvalue weighted by molar-refractivity contribution is 8.16. The minimum absolute atomic E-state index is 0.164. The second-order valence-corrected chi connectivity index (χ2v) is 7.86. The predicted molar refractivity (Wildman–Crippen MR) is 94.3 cm³/mol. The van der Waals surface area contributed by atoms with E-state index >= 15 is 0 Å². The Morgan fingerprint density at radius 3 is 2.45 bits per heavy atom. The van der Waals surface area contributed by atoms with Gasteiger partial charge in [0.2, 0.25) is 5.91 Å². The second kappa shape index (κ2) is 8.48. The van der Waals surface area contributed by atoms with Gasteiger partial charge in [0.25, 0.3) is 5.91 Å². The zero-order valence-corrected chi connectivity index (χ0v) is 14.6. The average molecular weight is 338 g/mol. The molecule has 6 heteroatoms. The lowest BCUT2D eigenvalue weighted by Gasteiger charge is -2.21. The summed E-state index contributed by atoms with van der Waals surface area (Å²) < 4.78 is 0.472. The summed E-state index contributed by atoms with van der Waals surface area (Å²) in [6.45, 7) is 4.10. The van der Waals surface area contributed by atoms with Crippen molar-refractivity contribution in [1.29, 1.82) is 0 Å². The zero-order chi connectivity index (χ0) is 15.9. The van der Waals surface area contributed by atoms with Crippen LogP contribution in [0.1, 0.15) is 40.8 Å². The Kier molecular flexibility index (Phi) is 6.64. The van der Waals surface area contributed by atoms with Crippen LogP contribution < -0.4 is 10.6 Å². The Balaban J connectivity index is 1.94. The minimum Gasteiger partial charge on any atom is -0.355 e. The van der Waals surface area contributed by atoms with Crippen LogP contribution >= 0.6 is 23.5 Å². The van der Waals surface area contributed by atoms with E-state index in [0.717, 1.165) is 0 Å². The molecule has 1 aromatic carbocycles. The molecule has 1 aromatic rings. The van der Waals surface area contributed by atoms with Crippen molar-refractivity contribution in [2.75, 3.05) is 18.1 Å². The van der Waals surface area contributed by atoms with Gasteiger partial charge in [-0.2, -0.15) is 0 Å². The molecule has 1 fully saturated rings. The van der Waals surface area contributed by atoms with E-state index in [1.54, 1.807) is 6.92 Å². The van der Waals surface area contributed by atoms with Crippen molar-refractivity contribution >= 4 is 35.3 Å². The quantitative estimate of drug-likeness (QED) is 0.867. The van der Waals surface area contributed by atoms with Crippen LogP contribution in [0.2, 0.25) is 0 Å². The monoisotopic (exact) mass is 338 g/mol. The molecule has 2 amide bonds. The molecule has 1 aliphatic rings. The second-order valence-electron chi connectivity index (χ2n) is 5.14. The van der Waals surface area contributed by atoms with Crippen molar-refractivity contribution in [2.45, 2.75) is 30.9 Å². The highest BCUT2D eigenvalue weighted by Crippen LogP contribution is 2.43. The number of thioether (sulfide) groups is 2. The first-order valence-corrected chi connectivity index (χ1v) is 9.63. The van der Waals surface area contributed by atoms with Crippen LogP contribution in [0, 0.1) is 0 Å². The molecule has 0 aliphatic carbocycles. The van der Waals surface area contributed by atoms with E-state index in [9.17, 15) is 9.59 Å². The molecule has 0 bridgehead atoms. The Hall–Kier alpha value is -1.14. The molecule has 1 atom stereocenters. The fraction of sp³-hybridized carbons (Fsp3) is 0.500. The summed E-state index contributed by atoms with van der Waals surface area (Å²) in [6.07, 6.45) is 1.27. The molecular weight excluding hydrogens is 316 g/mol.